The molecule has 0 aliphatic carbocycles. The highest BCUT2D eigenvalue weighted by atomic mass is 32.1. The Morgan fingerprint density at radius 2 is 2.18 bits per heavy atom. The van der Waals surface area contributed by atoms with E-state index in [1.165, 1.54) is 17.0 Å². The van der Waals surface area contributed by atoms with E-state index >= 15 is 0 Å². The van der Waals surface area contributed by atoms with Crippen molar-refractivity contribution in [3.8, 4) is 0 Å². The summed E-state index contributed by atoms with van der Waals surface area (Å²) in [7, 11) is 1.95. The molecule has 0 radical (unpaired) electrons. The van der Waals surface area contributed by atoms with Gasteiger partial charge in [0.1, 0.15) is 0 Å². The van der Waals surface area contributed by atoms with Crippen molar-refractivity contribution in [2.75, 3.05) is 0 Å². The van der Waals surface area contributed by atoms with Crippen LogP contribution in [0.15, 0.2) is 12.1 Å². The topological polar surface area (TPSA) is 4.93 Å². The molecule has 0 saturated carbocycles. The van der Waals surface area contributed by atoms with Crippen LogP contribution in [0.4, 0.5) is 4.39 Å². The van der Waals surface area contributed by atoms with E-state index in [4.69, 9.17) is 0 Å². The molecule has 2 heterocycles. The molecule has 0 saturated heterocycles. The molecule has 0 aliphatic heterocycles. The first-order chi connectivity index (χ1) is 5.18. The van der Waals surface area contributed by atoms with Crippen molar-refractivity contribution in [1.29, 1.82) is 0 Å². The summed E-state index contributed by atoms with van der Waals surface area (Å²) in [6, 6.07) is 3.58. The van der Waals surface area contributed by atoms with Gasteiger partial charge < -0.3 is 4.57 Å². The first-order valence-electron chi connectivity index (χ1n) is 3.40. The summed E-state index contributed by atoms with van der Waals surface area (Å²) >= 11 is 1.20. The van der Waals surface area contributed by atoms with Crippen LogP contribution in [-0.2, 0) is 7.05 Å². The van der Waals surface area contributed by atoms with Gasteiger partial charge in [-0.3, -0.25) is 0 Å². The van der Waals surface area contributed by atoms with Crippen LogP contribution in [0.25, 0.3) is 10.2 Å². The van der Waals surface area contributed by atoms with Crippen LogP contribution in [0.5, 0.6) is 0 Å². The number of hydrogen-bond donors (Lipinski definition) is 0. The highest BCUT2D eigenvalue weighted by molar-refractivity contribution is 7.17. The number of fused-ring (bicyclic) bond motifs is 1. The third-order valence-corrected chi connectivity index (χ3v) is 2.80. The maximum Gasteiger partial charge on any atom is 0.179 e. The number of rotatable bonds is 0. The molecule has 0 aromatic carbocycles. The molecule has 2 aromatic rings. The smallest absolute Gasteiger partial charge is 0.179 e. The molecule has 2 aromatic heterocycles. The van der Waals surface area contributed by atoms with Crippen LogP contribution in [-0.4, -0.2) is 4.57 Å². The molecule has 58 valence electrons. The van der Waals surface area contributed by atoms with Crippen molar-refractivity contribution in [1.82, 2.24) is 4.57 Å². The summed E-state index contributed by atoms with van der Waals surface area (Å²) in [5.41, 5.74) is 2.16. The van der Waals surface area contributed by atoms with Crippen molar-refractivity contribution in [2.24, 2.45) is 7.05 Å². The second-order valence-electron chi connectivity index (χ2n) is 2.64. The summed E-state index contributed by atoms with van der Waals surface area (Å²) in [5.74, 6) is 0. The lowest BCUT2D eigenvalue weighted by atomic mass is 10.5. The van der Waals surface area contributed by atoms with Gasteiger partial charge in [0, 0.05) is 18.8 Å². The predicted octanol–water partition coefficient (Wildman–Crippen LogP) is 2.69. The second-order valence-corrected chi connectivity index (χ2v) is 3.68. The van der Waals surface area contributed by atoms with Gasteiger partial charge >= 0.3 is 0 Å². The molecule has 2 rings (SSSR count). The number of nitrogens with zero attached hydrogens (tertiary/aromatic N) is 1. The van der Waals surface area contributed by atoms with E-state index in [2.05, 4.69) is 0 Å². The lowest BCUT2D eigenvalue weighted by Crippen LogP contribution is -1.87. The maximum atomic E-state index is 12.7. The van der Waals surface area contributed by atoms with Crippen LogP contribution in [0.1, 0.15) is 5.69 Å². The first kappa shape index (κ1) is 6.85. The number of hydrogen-bond acceptors (Lipinski definition) is 1. The van der Waals surface area contributed by atoms with Crippen LogP contribution in [0.3, 0.4) is 0 Å². The number of aryl methyl sites for hydroxylation is 2. The summed E-state index contributed by atoms with van der Waals surface area (Å²) in [6.45, 7) is 2.02. The lowest BCUT2D eigenvalue weighted by molar-refractivity contribution is 0.657. The standard InChI is InChI=1S/C8H8FNS/c1-5-3-7-6(10(5)2)4-8(9)11-7/h3-4H,1-2H3. The molecule has 11 heavy (non-hydrogen) atoms. The third-order valence-electron chi connectivity index (χ3n) is 1.94. The Hall–Kier alpha value is -0.830. The maximum absolute atomic E-state index is 12.7. The zero-order chi connectivity index (χ0) is 8.01. The Morgan fingerprint density at radius 1 is 1.45 bits per heavy atom. The minimum Gasteiger partial charge on any atom is -0.347 e. The van der Waals surface area contributed by atoms with Gasteiger partial charge in [-0.05, 0) is 13.0 Å². The molecule has 0 atom stereocenters. The fraction of sp³-hybridized carbons (Fsp3) is 0.250. The van der Waals surface area contributed by atoms with Gasteiger partial charge in [0.05, 0.1) is 10.2 Å². The number of thiophene rings is 1. The molecular formula is C8H8FNS. The second kappa shape index (κ2) is 2.08. The molecular weight excluding hydrogens is 161 g/mol. The molecule has 0 amide bonds. The fourth-order valence-electron chi connectivity index (χ4n) is 1.21. The summed E-state index contributed by atoms with van der Waals surface area (Å²) in [5, 5.41) is -0.106. The van der Waals surface area contributed by atoms with Crippen molar-refractivity contribution in [3.63, 3.8) is 0 Å². The minimum atomic E-state index is -0.106. The zero-order valence-corrected chi connectivity index (χ0v) is 7.20. The van der Waals surface area contributed by atoms with E-state index in [0.717, 1.165) is 10.2 Å². The monoisotopic (exact) mass is 169 g/mol. The van der Waals surface area contributed by atoms with Crippen LogP contribution < -0.4 is 0 Å². The Balaban J connectivity index is 2.88. The average Bonchev–Trinajstić information content (AvgIpc) is 2.37. The van der Waals surface area contributed by atoms with Gasteiger partial charge in [0.25, 0.3) is 0 Å². The molecule has 0 unspecified atom stereocenters. The van der Waals surface area contributed by atoms with Gasteiger partial charge in [0.15, 0.2) is 5.13 Å². The summed E-state index contributed by atoms with van der Waals surface area (Å²) in [6.07, 6.45) is 0. The minimum absolute atomic E-state index is 0.106. The van der Waals surface area contributed by atoms with Gasteiger partial charge in [0.2, 0.25) is 0 Å². The Kier molecular flexibility index (Phi) is 1.29. The summed E-state index contributed by atoms with van der Waals surface area (Å²) < 4.78 is 15.7. The lowest BCUT2D eigenvalue weighted by Gasteiger charge is -1.93. The van der Waals surface area contributed by atoms with E-state index in [1.807, 2.05) is 24.6 Å². The van der Waals surface area contributed by atoms with Crippen LogP contribution in [0.2, 0.25) is 0 Å². The SMILES string of the molecule is Cc1cc2sc(F)cc2n1C. The van der Waals surface area contributed by atoms with Crippen molar-refractivity contribution in [3.05, 3.63) is 23.0 Å². The van der Waals surface area contributed by atoms with Gasteiger partial charge in [-0.1, -0.05) is 0 Å². The van der Waals surface area contributed by atoms with E-state index in [0.29, 0.717) is 0 Å². The van der Waals surface area contributed by atoms with E-state index in [-0.39, 0.29) is 5.13 Å². The Labute approximate surface area is 68.1 Å². The highest BCUT2D eigenvalue weighted by Gasteiger charge is 2.05. The predicted molar refractivity (Wildman–Crippen MR) is 45.5 cm³/mol. The molecule has 3 heteroatoms. The first-order valence-corrected chi connectivity index (χ1v) is 4.21. The highest BCUT2D eigenvalue weighted by Crippen LogP contribution is 2.26. The molecule has 0 fully saturated rings. The van der Waals surface area contributed by atoms with Crippen LogP contribution in [0, 0.1) is 12.1 Å². The third kappa shape index (κ3) is 0.878. The van der Waals surface area contributed by atoms with Crippen LogP contribution >= 0.6 is 11.3 Å². The van der Waals surface area contributed by atoms with Gasteiger partial charge in [-0.15, -0.1) is 11.3 Å². The molecule has 0 aliphatic rings. The largest absolute Gasteiger partial charge is 0.347 e. The Morgan fingerprint density at radius 3 is 2.82 bits per heavy atom. The fourth-order valence-corrected chi connectivity index (χ4v) is 2.12. The molecule has 0 spiro atoms. The molecule has 0 bridgehead atoms. The average molecular weight is 169 g/mol. The normalized spacial score (nSPS) is 11.2. The number of aromatic nitrogens is 1. The van der Waals surface area contributed by atoms with E-state index in [9.17, 15) is 4.39 Å². The molecule has 1 nitrogen and oxygen atoms in total. The van der Waals surface area contributed by atoms with E-state index in [1.54, 1.807) is 6.07 Å². The molecule has 0 N–H and O–H groups in total. The Bertz CT molecular complexity index is 399. The van der Waals surface area contributed by atoms with Gasteiger partial charge in [-0.25, -0.2) is 0 Å². The van der Waals surface area contributed by atoms with E-state index < -0.39 is 0 Å². The number of halogens is 1. The van der Waals surface area contributed by atoms with Gasteiger partial charge in [-0.2, -0.15) is 4.39 Å². The van der Waals surface area contributed by atoms with Crippen molar-refractivity contribution >= 4 is 21.6 Å². The zero-order valence-electron chi connectivity index (χ0n) is 6.39. The summed E-state index contributed by atoms with van der Waals surface area (Å²) in [4.78, 5) is 0. The van der Waals surface area contributed by atoms with Crippen molar-refractivity contribution < 1.29 is 4.39 Å². The van der Waals surface area contributed by atoms with Crippen molar-refractivity contribution in [2.45, 2.75) is 6.92 Å². The quantitative estimate of drug-likeness (QED) is 0.571.